The minimum atomic E-state index is 0.439. The molecule has 0 saturated heterocycles. The van der Waals surface area contributed by atoms with E-state index in [2.05, 4.69) is 10.2 Å². The van der Waals surface area contributed by atoms with Gasteiger partial charge >= 0.3 is 0 Å². The van der Waals surface area contributed by atoms with Crippen LogP contribution in [0.4, 0.5) is 5.13 Å². The van der Waals surface area contributed by atoms with Crippen molar-refractivity contribution in [2.45, 2.75) is 0 Å². The Balaban J connectivity index is 2.34. The first-order valence-electron chi connectivity index (χ1n) is 5.75. The molecule has 0 aliphatic carbocycles. The highest BCUT2D eigenvalue weighted by Crippen LogP contribution is 2.38. The Kier molecular flexibility index (Phi) is 4.41. The number of nitrogens with two attached hydrogens (primary N) is 1. The minimum Gasteiger partial charge on any atom is -0.493 e. The molecule has 2 aromatic rings. The number of ether oxygens (including phenoxy) is 3. The third-order valence-electron chi connectivity index (χ3n) is 2.56. The van der Waals surface area contributed by atoms with Crippen molar-refractivity contribution < 1.29 is 14.2 Å². The number of rotatable bonds is 5. The van der Waals surface area contributed by atoms with Gasteiger partial charge < -0.3 is 19.9 Å². The standard InChI is InChI=1S/C13H15N3O3S/c1-17-9-6-8(7-10(18-2)12(9)19-3)4-5-11-15-16-13(14)20-11/h4-7H,1-3H3,(H2,14,16)/b5-4+. The maximum atomic E-state index is 5.53. The molecule has 0 bridgehead atoms. The predicted octanol–water partition coefficient (Wildman–Crippen LogP) is 2.32. The number of anilines is 1. The van der Waals surface area contributed by atoms with Crippen LogP contribution in [0.25, 0.3) is 12.2 Å². The summed E-state index contributed by atoms with van der Waals surface area (Å²) < 4.78 is 15.9. The Bertz CT molecular complexity index is 600. The van der Waals surface area contributed by atoms with Gasteiger partial charge in [-0.15, -0.1) is 10.2 Å². The molecular formula is C13H15N3O3S. The summed E-state index contributed by atoms with van der Waals surface area (Å²) in [6.07, 6.45) is 3.71. The molecule has 106 valence electrons. The second-order valence-electron chi connectivity index (χ2n) is 3.77. The molecule has 0 fully saturated rings. The third kappa shape index (κ3) is 3.00. The number of aromatic nitrogens is 2. The molecule has 7 heteroatoms. The summed E-state index contributed by atoms with van der Waals surface area (Å²) in [5.74, 6) is 1.76. The van der Waals surface area contributed by atoms with Crippen molar-refractivity contribution in [1.82, 2.24) is 10.2 Å². The number of hydrogen-bond acceptors (Lipinski definition) is 7. The number of hydrogen-bond donors (Lipinski definition) is 1. The van der Waals surface area contributed by atoms with Gasteiger partial charge in [0.1, 0.15) is 5.01 Å². The first-order valence-corrected chi connectivity index (χ1v) is 6.56. The molecule has 1 aromatic heterocycles. The summed E-state index contributed by atoms with van der Waals surface area (Å²) in [6, 6.07) is 3.70. The van der Waals surface area contributed by atoms with Gasteiger partial charge in [-0.25, -0.2) is 0 Å². The molecule has 0 saturated carbocycles. The molecule has 0 radical (unpaired) electrons. The average Bonchev–Trinajstić information content (AvgIpc) is 2.89. The normalized spacial score (nSPS) is 10.8. The molecule has 1 heterocycles. The molecule has 0 spiro atoms. The summed E-state index contributed by atoms with van der Waals surface area (Å²) in [5.41, 5.74) is 6.43. The van der Waals surface area contributed by atoms with E-state index < -0.39 is 0 Å². The van der Waals surface area contributed by atoms with E-state index >= 15 is 0 Å². The Labute approximate surface area is 120 Å². The van der Waals surface area contributed by atoms with Gasteiger partial charge in [0.05, 0.1) is 21.3 Å². The van der Waals surface area contributed by atoms with Crippen LogP contribution in [-0.4, -0.2) is 31.5 Å². The fraction of sp³-hybridized carbons (Fsp3) is 0.231. The van der Waals surface area contributed by atoms with Crippen LogP contribution < -0.4 is 19.9 Å². The third-order valence-corrected chi connectivity index (χ3v) is 3.28. The highest BCUT2D eigenvalue weighted by Gasteiger charge is 2.12. The SMILES string of the molecule is COc1cc(/C=C/c2nnc(N)s2)cc(OC)c1OC. The molecule has 1 aromatic carbocycles. The largest absolute Gasteiger partial charge is 0.493 e. The molecule has 0 unspecified atom stereocenters. The summed E-state index contributed by atoms with van der Waals surface area (Å²) in [5, 5.41) is 8.84. The van der Waals surface area contributed by atoms with Crippen LogP contribution in [-0.2, 0) is 0 Å². The van der Waals surface area contributed by atoms with E-state index in [9.17, 15) is 0 Å². The summed E-state index contributed by atoms with van der Waals surface area (Å²) in [4.78, 5) is 0. The monoisotopic (exact) mass is 293 g/mol. The Morgan fingerprint density at radius 2 is 1.65 bits per heavy atom. The molecule has 0 atom stereocenters. The first-order chi connectivity index (χ1) is 9.67. The van der Waals surface area contributed by atoms with Crippen LogP contribution in [0.5, 0.6) is 17.2 Å². The summed E-state index contributed by atoms with van der Waals surface area (Å²) in [6.45, 7) is 0. The van der Waals surface area contributed by atoms with Crippen molar-refractivity contribution in [1.29, 1.82) is 0 Å². The van der Waals surface area contributed by atoms with Gasteiger partial charge in [0.15, 0.2) is 11.5 Å². The Hall–Kier alpha value is -2.28. The highest BCUT2D eigenvalue weighted by atomic mass is 32.1. The van der Waals surface area contributed by atoms with Crippen LogP contribution >= 0.6 is 11.3 Å². The van der Waals surface area contributed by atoms with Gasteiger partial charge in [0.2, 0.25) is 10.9 Å². The maximum Gasteiger partial charge on any atom is 0.203 e. The molecule has 2 N–H and O–H groups in total. The van der Waals surface area contributed by atoms with Gasteiger partial charge in [0.25, 0.3) is 0 Å². The van der Waals surface area contributed by atoms with Gasteiger partial charge in [-0.2, -0.15) is 0 Å². The summed E-state index contributed by atoms with van der Waals surface area (Å²) >= 11 is 1.32. The lowest BCUT2D eigenvalue weighted by Gasteiger charge is -2.12. The van der Waals surface area contributed by atoms with Crippen LogP contribution in [0, 0.1) is 0 Å². The van der Waals surface area contributed by atoms with Crippen molar-refractivity contribution in [3.05, 3.63) is 22.7 Å². The zero-order valence-corrected chi connectivity index (χ0v) is 12.2. The fourth-order valence-electron chi connectivity index (χ4n) is 1.68. The fourth-order valence-corrected chi connectivity index (χ4v) is 2.19. The van der Waals surface area contributed by atoms with Gasteiger partial charge in [-0.3, -0.25) is 0 Å². The lowest BCUT2D eigenvalue weighted by molar-refractivity contribution is 0.324. The van der Waals surface area contributed by atoms with Crippen LogP contribution in [0.2, 0.25) is 0 Å². The van der Waals surface area contributed by atoms with Gasteiger partial charge in [0, 0.05) is 0 Å². The van der Waals surface area contributed by atoms with Crippen molar-refractivity contribution in [3.63, 3.8) is 0 Å². The summed E-state index contributed by atoms with van der Waals surface area (Å²) in [7, 11) is 4.73. The molecular weight excluding hydrogens is 278 g/mol. The highest BCUT2D eigenvalue weighted by molar-refractivity contribution is 7.15. The lowest BCUT2D eigenvalue weighted by Crippen LogP contribution is -1.95. The maximum absolute atomic E-state index is 5.53. The van der Waals surface area contributed by atoms with Crippen molar-refractivity contribution >= 4 is 28.6 Å². The Morgan fingerprint density at radius 1 is 1.00 bits per heavy atom. The molecule has 0 aliphatic heterocycles. The number of methoxy groups -OCH3 is 3. The Morgan fingerprint density at radius 3 is 2.10 bits per heavy atom. The average molecular weight is 293 g/mol. The molecule has 20 heavy (non-hydrogen) atoms. The number of nitrogens with zero attached hydrogens (tertiary/aromatic N) is 2. The van der Waals surface area contributed by atoms with E-state index in [1.54, 1.807) is 21.3 Å². The molecule has 0 amide bonds. The smallest absolute Gasteiger partial charge is 0.203 e. The lowest BCUT2D eigenvalue weighted by atomic mass is 10.1. The quantitative estimate of drug-likeness (QED) is 0.911. The van der Waals surface area contributed by atoms with Gasteiger partial charge in [-0.1, -0.05) is 17.4 Å². The van der Waals surface area contributed by atoms with E-state index in [1.807, 2.05) is 24.3 Å². The van der Waals surface area contributed by atoms with Gasteiger partial charge in [-0.05, 0) is 23.8 Å². The molecule has 0 aliphatic rings. The van der Waals surface area contributed by atoms with E-state index in [0.29, 0.717) is 22.4 Å². The van der Waals surface area contributed by atoms with Crippen molar-refractivity contribution in [3.8, 4) is 17.2 Å². The van der Waals surface area contributed by atoms with Crippen molar-refractivity contribution in [2.24, 2.45) is 0 Å². The second-order valence-corrected chi connectivity index (χ2v) is 4.81. The zero-order valence-electron chi connectivity index (χ0n) is 11.4. The van der Waals surface area contributed by atoms with E-state index in [-0.39, 0.29) is 0 Å². The number of benzene rings is 1. The molecule has 6 nitrogen and oxygen atoms in total. The minimum absolute atomic E-state index is 0.439. The molecule has 2 rings (SSSR count). The van der Waals surface area contributed by atoms with Crippen molar-refractivity contribution in [2.75, 3.05) is 27.1 Å². The van der Waals surface area contributed by atoms with Crippen LogP contribution in [0.1, 0.15) is 10.6 Å². The predicted molar refractivity (Wildman–Crippen MR) is 79.3 cm³/mol. The zero-order chi connectivity index (χ0) is 14.5. The van der Waals surface area contributed by atoms with Crippen LogP contribution in [0.3, 0.4) is 0 Å². The first kappa shape index (κ1) is 14.1. The van der Waals surface area contributed by atoms with Crippen LogP contribution in [0.15, 0.2) is 12.1 Å². The van der Waals surface area contributed by atoms with E-state index in [4.69, 9.17) is 19.9 Å². The van der Waals surface area contributed by atoms with E-state index in [1.165, 1.54) is 11.3 Å². The number of nitrogen functional groups attached to an aromatic ring is 1. The second kappa shape index (κ2) is 6.25. The van der Waals surface area contributed by atoms with E-state index in [0.717, 1.165) is 10.6 Å². The topological polar surface area (TPSA) is 79.5 Å².